The number of fused-ring (bicyclic) bond motifs is 1. The summed E-state index contributed by atoms with van der Waals surface area (Å²) in [4.78, 5) is 12.2. The van der Waals surface area contributed by atoms with Crippen molar-refractivity contribution in [1.82, 2.24) is 0 Å². The third kappa shape index (κ3) is 3.12. The van der Waals surface area contributed by atoms with Gasteiger partial charge in [0.25, 0.3) is 0 Å². The summed E-state index contributed by atoms with van der Waals surface area (Å²) in [6, 6.07) is 5.99. The first-order chi connectivity index (χ1) is 12.3. The van der Waals surface area contributed by atoms with E-state index in [0.29, 0.717) is 11.3 Å². The van der Waals surface area contributed by atoms with E-state index in [-0.39, 0.29) is 22.0 Å². The number of carbonyl (C=O) groups excluding carboxylic acids is 1. The lowest BCUT2D eigenvalue weighted by Crippen LogP contribution is -2.12. The van der Waals surface area contributed by atoms with Crippen molar-refractivity contribution < 1.29 is 32.2 Å². The van der Waals surface area contributed by atoms with E-state index in [9.17, 15) is 18.0 Å². The van der Waals surface area contributed by atoms with Crippen LogP contribution in [0.5, 0.6) is 11.5 Å². The van der Waals surface area contributed by atoms with Gasteiger partial charge in [0.1, 0.15) is 5.56 Å². The maximum Gasteiger partial charge on any atom is 0.416 e. The van der Waals surface area contributed by atoms with Gasteiger partial charge in [-0.15, -0.1) is 0 Å². The number of hydrogen-bond acceptors (Lipinski definition) is 5. The number of esters is 1. The van der Waals surface area contributed by atoms with Crippen LogP contribution in [0.1, 0.15) is 27.7 Å². The molecule has 26 heavy (non-hydrogen) atoms. The molecule has 0 aliphatic carbocycles. The van der Waals surface area contributed by atoms with Gasteiger partial charge in [-0.1, -0.05) is 11.6 Å². The molecule has 1 atom stereocenters. The molecule has 0 fully saturated rings. The quantitative estimate of drug-likeness (QED) is 0.773. The van der Waals surface area contributed by atoms with Gasteiger partial charge in [-0.3, -0.25) is 0 Å². The molecule has 0 bridgehead atoms. The lowest BCUT2D eigenvalue weighted by molar-refractivity contribution is -0.137. The van der Waals surface area contributed by atoms with Crippen LogP contribution in [0.4, 0.5) is 18.9 Å². The number of nitrogens with one attached hydrogen (secondary N) is 1. The highest BCUT2D eigenvalue weighted by atomic mass is 35.5. The first-order valence-electron chi connectivity index (χ1n) is 7.35. The molecule has 1 aliphatic rings. The molecule has 0 saturated carbocycles. The van der Waals surface area contributed by atoms with Gasteiger partial charge >= 0.3 is 12.1 Å². The van der Waals surface area contributed by atoms with Crippen molar-refractivity contribution in [2.24, 2.45) is 0 Å². The molecule has 0 amide bonds. The summed E-state index contributed by atoms with van der Waals surface area (Å²) in [5.74, 6) is -0.160. The highest BCUT2D eigenvalue weighted by molar-refractivity contribution is 6.33. The minimum Gasteiger partial charge on any atom is -0.493 e. The molecule has 0 saturated heterocycles. The van der Waals surface area contributed by atoms with Crippen molar-refractivity contribution in [3.8, 4) is 11.5 Å². The SMILES string of the molecule is COc1ccc2c(c1OC)C(=O)OC2Nc1cc(C(F)(F)F)ccc1Cl. The average molecular weight is 388 g/mol. The Labute approximate surface area is 151 Å². The van der Waals surface area contributed by atoms with Crippen LogP contribution in [0.25, 0.3) is 0 Å². The monoisotopic (exact) mass is 387 g/mol. The topological polar surface area (TPSA) is 56.8 Å². The van der Waals surface area contributed by atoms with Gasteiger partial charge in [-0.25, -0.2) is 4.79 Å². The van der Waals surface area contributed by atoms with Crippen molar-refractivity contribution in [3.63, 3.8) is 0 Å². The Morgan fingerprint density at radius 2 is 1.88 bits per heavy atom. The molecule has 2 aromatic carbocycles. The van der Waals surface area contributed by atoms with E-state index in [1.54, 1.807) is 12.1 Å². The van der Waals surface area contributed by atoms with Crippen molar-refractivity contribution in [1.29, 1.82) is 0 Å². The fraction of sp³-hybridized carbons (Fsp3) is 0.235. The second kappa shape index (κ2) is 6.60. The van der Waals surface area contributed by atoms with E-state index in [4.69, 9.17) is 25.8 Å². The number of hydrogen-bond donors (Lipinski definition) is 1. The van der Waals surface area contributed by atoms with Crippen LogP contribution in [0.3, 0.4) is 0 Å². The minimum absolute atomic E-state index is 0.0121. The van der Waals surface area contributed by atoms with Crippen LogP contribution >= 0.6 is 11.6 Å². The zero-order valence-corrected chi connectivity index (χ0v) is 14.4. The van der Waals surface area contributed by atoms with Gasteiger partial charge in [-0.2, -0.15) is 13.2 Å². The molecule has 5 nitrogen and oxygen atoms in total. The zero-order valence-electron chi connectivity index (χ0n) is 13.6. The molecule has 0 aromatic heterocycles. The zero-order chi connectivity index (χ0) is 19.1. The van der Waals surface area contributed by atoms with Crippen molar-refractivity contribution in [2.75, 3.05) is 19.5 Å². The maximum absolute atomic E-state index is 12.9. The van der Waals surface area contributed by atoms with E-state index < -0.39 is 23.9 Å². The van der Waals surface area contributed by atoms with E-state index in [1.165, 1.54) is 14.2 Å². The molecule has 0 spiro atoms. The van der Waals surface area contributed by atoms with E-state index in [0.717, 1.165) is 18.2 Å². The summed E-state index contributed by atoms with van der Waals surface area (Å²) in [5.41, 5.74) is -0.336. The number of alkyl halides is 3. The number of carbonyl (C=O) groups is 1. The highest BCUT2D eigenvalue weighted by Crippen LogP contribution is 2.43. The number of rotatable bonds is 4. The standard InChI is InChI=1S/C17H13ClF3NO4/c1-24-12-6-4-9-13(14(12)25-2)16(23)26-15(9)22-11-7-8(17(19,20)21)3-5-10(11)18/h3-7,15,22H,1-2H3. The summed E-state index contributed by atoms with van der Waals surface area (Å²) in [7, 11) is 2.79. The predicted octanol–water partition coefficient (Wildman–Crippen LogP) is 4.66. The minimum atomic E-state index is -4.53. The Kier molecular flexibility index (Phi) is 4.62. The number of ether oxygens (including phenoxy) is 3. The predicted molar refractivity (Wildman–Crippen MR) is 87.8 cm³/mol. The summed E-state index contributed by atoms with van der Waals surface area (Å²) in [6.07, 6.45) is -5.54. The molecule has 2 aromatic rings. The lowest BCUT2D eigenvalue weighted by atomic mass is 10.1. The number of benzene rings is 2. The Hall–Kier alpha value is -2.61. The van der Waals surface area contributed by atoms with E-state index >= 15 is 0 Å². The molecule has 1 unspecified atom stereocenters. The third-order valence-corrected chi connectivity index (χ3v) is 4.20. The molecule has 138 valence electrons. The van der Waals surface area contributed by atoms with Crippen molar-refractivity contribution >= 4 is 23.3 Å². The van der Waals surface area contributed by atoms with Gasteiger partial charge in [0.2, 0.25) is 6.23 Å². The van der Waals surface area contributed by atoms with Gasteiger partial charge in [0.05, 0.1) is 30.5 Å². The molecule has 0 radical (unpaired) electrons. The Morgan fingerprint density at radius 3 is 2.50 bits per heavy atom. The van der Waals surface area contributed by atoms with Gasteiger partial charge in [0, 0.05) is 5.56 Å². The highest BCUT2D eigenvalue weighted by Gasteiger charge is 2.37. The first kappa shape index (κ1) is 18.2. The second-order valence-electron chi connectivity index (χ2n) is 5.39. The van der Waals surface area contributed by atoms with Crippen molar-refractivity contribution in [3.05, 3.63) is 52.0 Å². The number of anilines is 1. The van der Waals surface area contributed by atoms with Gasteiger partial charge < -0.3 is 19.5 Å². The summed E-state index contributed by atoms with van der Waals surface area (Å²) in [6.45, 7) is 0. The summed E-state index contributed by atoms with van der Waals surface area (Å²) >= 11 is 5.98. The Balaban J connectivity index is 1.99. The summed E-state index contributed by atoms with van der Waals surface area (Å²) < 4.78 is 54.3. The lowest BCUT2D eigenvalue weighted by Gasteiger charge is -2.17. The van der Waals surface area contributed by atoms with Crippen LogP contribution in [-0.2, 0) is 10.9 Å². The Morgan fingerprint density at radius 1 is 1.15 bits per heavy atom. The van der Waals surface area contributed by atoms with E-state index in [1.807, 2.05) is 0 Å². The fourth-order valence-corrected chi connectivity index (χ4v) is 2.83. The summed E-state index contributed by atoms with van der Waals surface area (Å²) in [5, 5.41) is 2.78. The van der Waals surface area contributed by atoms with Crippen LogP contribution in [0.2, 0.25) is 5.02 Å². The van der Waals surface area contributed by atoms with Gasteiger partial charge in [-0.05, 0) is 30.3 Å². The fourth-order valence-electron chi connectivity index (χ4n) is 2.66. The van der Waals surface area contributed by atoms with Crippen LogP contribution in [-0.4, -0.2) is 20.2 Å². The number of halogens is 4. The molecule has 1 heterocycles. The largest absolute Gasteiger partial charge is 0.493 e. The molecular formula is C17H13ClF3NO4. The molecule has 1 aliphatic heterocycles. The number of methoxy groups -OCH3 is 2. The molecule has 1 N–H and O–H groups in total. The third-order valence-electron chi connectivity index (χ3n) is 3.87. The van der Waals surface area contributed by atoms with Crippen LogP contribution in [0, 0.1) is 0 Å². The van der Waals surface area contributed by atoms with Gasteiger partial charge in [0.15, 0.2) is 11.5 Å². The van der Waals surface area contributed by atoms with Crippen LogP contribution < -0.4 is 14.8 Å². The molecular weight excluding hydrogens is 375 g/mol. The second-order valence-corrected chi connectivity index (χ2v) is 5.79. The number of cyclic esters (lactones) is 1. The molecule has 3 rings (SSSR count). The molecule has 9 heteroatoms. The maximum atomic E-state index is 12.9. The van der Waals surface area contributed by atoms with Crippen LogP contribution in [0.15, 0.2) is 30.3 Å². The Bertz CT molecular complexity index is 870. The smallest absolute Gasteiger partial charge is 0.416 e. The first-order valence-corrected chi connectivity index (χ1v) is 7.73. The average Bonchev–Trinajstić information content (AvgIpc) is 2.91. The van der Waals surface area contributed by atoms with E-state index in [2.05, 4.69) is 5.32 Å². The van der Waals surface area contributed by atoms with Crippen molar-refractivity contribution in [2.45, 2.75) is 12.4 Å². The normalized spacial score (nSPS) is 16.1.